The molecule has 0 spiro atoms. The molecule has 0 amide bonds. The summed E-state index contributed by atoms with van der Waals surface area (Å²) in [5, 5.41) is 0. The van der Waals surface area contributed by atoms with Crippen LogP contribution in [-0.2, 0) is 0 Å². The third kappa shape index (κ3) is 2.27. The van der Waals surface area contributed by atoms with E-state index in [0.29, 0.717) is 0 Å². The van der Waals surface area contributed by atoms with E-state index in [-0.39, 0.29) is 6.04 Å². The molecule has 0 bridgehead atoms. The fraction of sp³-hybridized carbons (Fsp3) is 0.375. The molecule has 0 unspecified atom stereocenters. The summed E-state index contributed by atoms with van der Waals surface area (Å²) in [5.74, 6) is 0. The Kier molecular flexibility index (Phi) is 3.02. The number of aromatic nitrogens is 1. The predicted molar refractivity (Wildman–Crippen MR) is 49.2 cm³/mol. The maximum atomic E-state index is 5.78. The van der Waals surface area contributed by atoms with E-state index >= 15 is 0 Å². The Morgan fingerprint density at radius 2 is 2.36 bits per heavy atom. The quantitative estimate of drug-likeness (QED) is 0.768. The van der Waals surface area contributed by atoms with Crippen LogP contribution in [0.3, 0.4) is 0 Å². The first kappa shape index (κ1) is 8.68. The normalized spacial score (nSPS) is 13.0. The molecule has 60 valence electrons. The highest BCUT2D eigenvalue weighted by atomic mass is 79.9. The molecule has 0 saturated carbocycles. The van der Waals surface area contributed by atoms with Gasteiger partial charge in [-0.15, -0.1) is 0 Å². The van der Waals surface area contributed by atoms with Crippen molar-refractivity contribution in [2.45, 2.75) is 19.4 Å². The summed E-state index contributed by atoms with van der Waals surface area (Å²) in [6, 6.07) is 5.85. The van der Waals surface area contributed by atoms with Crippen LogP contribution in [0.1, 0.15) is 25.1 Å². The second kappa shape index (κ2) is 3.83. The van der Waals surface area contributed by atoms with Crippen molar-refractivity contribution >= 4 is 15.9 Å². The number of hydrogen-bond donors (Lipinski definition) is 1. The molecule has 0 aromatic carbocycles. The van der Waals surface area contributed by atoms with Crippen LogP contribution in [0.2, 0.25) is 0 Å². The van der Waals surface area contributed by atoms with Gasteiger partial charge in [-0.1, -0.05) is 13.0 Å². The zero-order valence-electron chi connectivity index (χ0n) is 6.42. The van der Waals surface area contributed by atoms with Gasteiger partial charge in [-0.25, -0.2) is 4.98 Å². The van der Waals surface area contributed by atoms with Gasteiger partial charge < -0.3 is 5.73 Å². The van der Waals surface area contributed by atoms with Gasteiger partial charge in [0, 0.05) is 6.04 Å². The highest BCUT2D eigenvalue weighted by Gasteiger charge is 2.03. The largest absolute Gasteiger partial charge is 0.323 e. The molecule has 0 saturated heterocycles. The lowest BCUT2D eigenvalue weighted by atomic mass is 10.1. The minimum atomic E-state index is 0.0625. The molecule has 1 aromatic rings. The highest BCUT2D eigenvalue weighted by Crippen LogP contribution is 2.13. The monoisotopic (exact) mass is 214 g/mol. The Labute approximate surface area is 75.0 Å². The first-order valence-corrected chi connectivity index (χ1v) is 4.41. The fourth-order valence-corrected chi connectivity index (χ4v) is 1.20. The van der Waals surface area contributed by atoms with E-state index in [1.165, 1.54) is 0 Å². The number of halogens is 1. The van der Waals surface area contributed by atoms with E-state index in [2.05, 4.69) is 20.9 Å². The zero-order valence-corrected chi connectivity index (χ0v) is 8.01. The van der Waals surface area contributed by atoms with E-state index in [4.69, 9.17) is 5.73 Å². The first-order chi connectivity index (χ1) is 5.24. The molecule has 0 aliphatic rings. The molecular formula is C8H11BrN2. The summed E-state index contributed by atoms with van der Waals surface area (Å²) >= 11 is 3.29. The summed E-state index contributed by atoms with van der Waals surface area (Å²) in [7, 11) is 0. The zero-order chi connectivity index (χ0) is 8.27. The second-order valence-corrected chi connectivity index (χ2v) is 3.21. The summed E-state index contributed by atoms with van der Waals surface area (Å²) < 4.78 is 0.846. The molecule has 2 nitrogen and oxygen atoms in total. The Morgan fingerprint density at radius 1 is 1.64 bits per heavy atom. The van der Waals surface area contributed by atoms with Crippen molar-refractivity contribution in [2.24, 2.45) is 5.73 Å². The SMILES string of the molecule is CC[C@H](N)c1cccc(Br)n1. The third-order valence-electron chi connectivity index (χ3n) is 1.56. The molecule has 0 radical (unpaired) electrons. The lowest BCUT2D eigenvalue weighted by Crippen LogP contribution is -2.10. The van der Waals surface area contributed by atoms with Gasteiger partial charge >= 0.3 is 0 Å². The second-order valence-electron chi connectivity index (χ2n) is 2.40. The summed E-state index contributed by atoms with van der Waals surface area (Å²) in [4.78, 5) is 4.24. The van der Waals surface area contributed by atoms with Crippen molar-refractivity contribution in [1.82, 2.24) is 4.98 Å². The van der Waals surface area contributed by atoms with Gasteiger partial charge in [0.05, 0.1) is 5.69 Å². The van der Waals surface area contributed by atoms with Crippen molar-refractivity contribution in [1.29, 1.82) is 0 Å². The number of nitrogens with two attached hydrogens (primary N) is 1. The van der Waals surface area contributed by atoms with Crippen LogP contribution >= 0.6 is 15.9 Å². The molecule has 1 atom stereocenters. The minimum absolute atomic E-state index is 0.0625. The average Bonchev–Trinajstić information content (AvgIpc) is 2.03. The van der Waals surface area contributed by atoms with E-state index < -0.39 is 0 Å². The predicted octanol–water partition coefficient (Wildman–Crippen LogP) is 2.25. The van der Waals surface area contributed by atoms with Gasteiger partial charge in [0.2, 0.25) is 0 Å². The van der Waals surface area contributed by atoms with Gasteiger partial charge in [-0.3, -0.25) is 0 Å². The molecular weight excluding hydrogens is 204 g/mol. The van der Waals surface area contributed by atoms with Crippen molar-refractivity contribution in [3.63, 3.8) is 0 Å². The van der Waals surface area contributed by atoms with E-state index in [1.807, 2.05) is 25.1 Å². The Morgan fingerprint density at radius 3 is 2.91 bits per heavy atom. The lowest BCUT2D eigenvalue weighted by molar-refractivity contribution is 0.674. The standard InChI is InChI=1S/C8H11BrN2/c1-2-6(10)7-4-3-5-8(9)11-7/h3-6H,2,10H2,1H3/t6-/m0/s1. The molecule has 0 fully saturated rings. The van der Waals surface area contributed by atoms with E-state index in [1.54, 1.807) is 0 Å². The number of nitrogens with zero attached hydrogens (tertiary/aromatic N) is 1. The van der Waals surface area contributed by atoms with E-state index in [9.17, 15) is 0 Å². The number of pyridine rings is 1. The lowest BCUT2D eigenvalue weighted by Gasteiger charge is -2.06. The van der Waals surface area contributed by atoms with Crippen molar-refractivity contribution in [3.8, 4) is 0 Å². The van der Waals surface area contributed by atoms with Crippen molar-refractivity contribution < 1.29 is 0 Å². The molecule has 0 aliphatic carbocycles. The topological polar surface area (TPSA) is 38.9 Å². The first-order valence-electron chi connectivity index (χ1n) is 3.62. The van der Waals surface area contributed by atoms with Gasteiger partial charge in [0.15, 0.2) is 0 Å². The maximum Gasteiger partial charge on any atom is 0.106 e. The Balaban J connectivity index is 2.86. The molecule has 1 rings (SSSR count). The van der Waals surface area contributed by atoms with Crippen LogP contribution in [0, 0.1) is 0 Å². The molecule has 3 heteroatoms. The van der Waals surface area contributed by atoms with E-state index in [0.717, 1.165) is 16.7 Å². The summed E-state index contributed by atoms with van der Waals surface area (Å²) in [6.45, 7) is 2.05. The summed E-state index contributed by atoms with van der Waals surface area (Å²) in [6.07, 6.45) is 0.920. The van der Waals surface area contributed by atoms with Crippen molar-refractivity contribution in [2.75, 3.05) is 0 Å². The molecule has 11 heavy (non-hydrogen) atoms. The minimum Gasteiger partial charge on any atom is -0.323 e. The van der Waals surface area contributed by atoms with Crippen molar-refractivity contribution in [3.05, 3.63) is 28.5 Å². The van der Waals surface area contributed by atoms with Gasteiger partial charge in [0.1, 0.15) is 4.60 Å². The van der Waals surface area contributed by atoms with Crippen LogP contribution in [-0.4, -0.2) is 4.98 Å². The van der Waals surface area contributed by atoms with Crippen LogP contribution in [0.25, 0.3) is 0 Å². The molecule has 2 N–H and O–H groups in total. The van der Waals surface area contributed by atoms with Crippen LogP contribution < -0.4 is 5.73 Å². The summed E-state index contributed by atoms with van der Waals surface area (Å²) in [5.41, 5.74) is 6.73. The molecule has 1 aromatic heterocycles. The molecule has 1 heterocycles. The van der Waals surface area contributed by atoms with Crippen LogP contribution in [0.5, 0.6) is 0 Å². The smallest absolute Gasteiger partial charge is 0.106 e. The fourth-order valence-electron chi connectivity index (χ4n) is 0.840. The number of rotatable bonds is 2. The average molecular weight is 215 g/mol. The third-order valence-corrected chi connectivity index (χ3v) is 2.00. The Bertz CT molecular complexity index is 237. The van der Waals surface area contributed by atoms with Gasteiger partial charge in [-0.2, -0.15) is 0 Å². The maximum absolute atomic E-state index is 5.78. The Hall–Kier alpha value is -0.410. The molecule has 0 aliphatic heterocycles. The highest BCUT2D eigenvalue weighted by molar-refractivity contribution is 9.10. The van der Waals surface area contributed by atoms with Crippen LogP contribution in [0.4, 0.5) is 0 Å². The van der Waals surface area contributed by atoms with Gasteiger partial charge in [0.25, 0.3) is 0 Å². The van der Waals surface area contributed by atoms with Crippen LogP contribution in [0.15, 0.2) is 22.8 Å². The van der Waals surface area contributed by atoms with Gasteiger partial charge in [-0.05, 0) is 34.5 Å². The number of hydrogen-bond acceptors (Lipinski definition) is 2.